The van der Waals surface area contributed by atoms with E-state index in [9.17, 15) is 13.6 Å². The molecule has 1 amide bonds. The highest BCUT2D eigenvalue weighted by Crippen LogP contribution is 2.21. The maximum absolute atomic E-state index is 14.0. The lowest BCUT2D eigenvalue weighted by atomic mass is 10.0. The molecule has 3 aromatic carbocycles. The zero-order valence-corrected chi connectivity index (χ0v) is 18.3. The van der Waals surface area contributed by atoms with Crippen LogP contribution >= 0.6 is 0 Å². The number of carbonyl (C=O) groups is 1. The first-order valence-corrected chi connectivity index (χ1v) is 11.0. The zero-order chi connectivity index (χ0) is 23.5. The molecule has 0 aliphatic rings. The number of carbonyl (C=O) groups excluding carboxylic acids is 1. The van der Waals surface area contributed by atoms with Crippen molar-refractivity contribution >= 4 is 27.8 Å². The van der Waals surface area contributed by atoms with Gasteiger partial charge in [-0.25, -0.2) is 8.78 Å². The van der Waals surface area contributed by atoms with Crippen LogP contribution in [0.3, 0.4) is 0 Å². The molecule has 0 aliphatic heterocycles. The lowest BCUT2D eigenvalue weighted by Gasteiger charge is -2.18. The van der Waals surface area contributed by atoms with Crippen LogP contribution in [-0.2, 0) is 24.3 Å². The molecule has 1 unspecified atom stereocenters. The Kier molecular flexibility index (Phi) is 6.10. The van der Waals surface area contributed by atoms with Gasteiger partial charge < -0.3 is 14.7 Å². The highest BCUT2D eigenvalue weighted by Gasteiger charge is 2.21. The van der Waals surface area contributed by atoms with Crippen molar-refractivity contribution in [2.75, 3.05) is 0 Å². The normalized spacial score (nSPS) is 12.3. The van der Waals surface area contributed by atoms with Gasteiger partial charge in [0.2, 0.25) is 5.91 Å². The number of nitrogens with one attached hydrogen (secondary N) is 3. The predicted molar refractivity (Wildman–Crippen MR) is 127 cm³/mol. The van der Waals surface area contributed by atoms with Crippen LogP contribution in [0.25, 0.3) is 21.9 Å². The summed E-state index contributed by atoms with van der Waals surface area (Å²) >= 11 is 0. The van der Waals surface area contributed by atoms with Crippen molar-refractivity contribution < 1.29 is 18.0 Å². The molecule has 0 saturated carbocycles. The van der Waals surface area contributed by atoms with Gasteiger partial charge in [0.1, 0.15) is 23.0 Å². The van der Waals surface area contributed by atoms with Crippen LogP contribution in [0.4, 0.5) is 8.78 Å². The first kappa shape index (κ1) is 21.9. The quantitative estimate of drug-likeness (QED) is 0.298. The molecule has 172 valence electrons. The summed E-state index contributed by atoms with van der Waals surface area (Å²) in [7, 11) is 0. The fourth-order valence-corrected chi connectivity index (χ4v) is 4.10. The largest absolute Gasteiger partial charge is 0.460 e. The van der Waals surface area contributed by atoms with Gasteiger partial charge in [-0.2, -0.15) is 0 Å². The summed E-state index contributed by atoms with van der Waals surface area (Å²) in [6.07, 6.45) is 2.31. The van der Waals surface area contributed by atoms with Crippen molar-refractivity contribution in [3.05, 3.63) is 108 Å². The van der Waals surface area contributed by atoms with E-state index in [1.165, 1.54) is 12.1 Å². The van der Waals surface area contributed by atoms with Gasteiger partial charge in [-0.3, -0.25) is 10.1 Å². The number of furan rings is 1. The Morgan fingerprint density at radius 2 is 1.76 bits per heavy atom. The third-order valence-electron chi connectivity index (χ3n) is 5.88. The SMILES string of the molecule is O=C(NCc1ccc(F)cc1F)C(Cc1c[nH]c2ccccc12)NCc1cc2ccccc2o1. The van der Waals surface area contributed by atoms with Crippen molar-refractivity contribution in [1.29, 1.82) is 0 Å². The van der Waals surface area contributed by atoms with E-state index in [2.05, 4.69) is 15.6 Å². The highest BCUT2D eigenvalue weighted by molar-refractivity contribution is 5.86. The first-order valence-electron chi connectivity index (χ1n) is 11.0. The molecule has 0 spiro atoms. The number of aromatic amines is 1. The number of hydrogen-bond donors (Lipinski definition) is 3. The van der Waals surface area contributed by atoms with Crippen LogP contribution in [0.5, 0.6) is 0 Å². The Morgan fingerprint density at radius 1 is 0.941 bits per heavy atom. The molecule has 0 fully saturated rings. The molecule has 7 heteroatoms. The Balaban J connectivity index is 1.34. The number of benzene rings is 3. The molecule has 1 atom stereocenters. The number of amides is 1. The van der Waals surface area contributed by atoms with E-state index in [0.717, 1.165) is 33.5 Å². The second kappa shape index (κ2) is 9.49. The van der Waals surface area contributed by atoms with Gasteiger partial charge in [-0.1, -0.05) is 42.5 Å². The van der Waals surface area contributed by atoms with E-state index in [4.69, 9.17) is 4.42 Å². The second-order valence-corrected chi connectivity index (χ2v) is 8.20. The Bertz CT molecular complexity index is 1420. The molecule has 34 heavy (non-hydrogen) atoms. The molecule has 5 nitrogen and oxygen atoms in total. The molecule has 0 bridgehead atoms. The minimum Gasteiger partial charge on any atom is -0.460 e. The van der Waals surface area contributed by atoms with Gasteiger partial charge in [0.05, 0.1) is 12.6 Å². The van der Waals surface area contributed by atoms with E-state index >= 15 is 0 Å². The minimum absolute atomic E-state index is 0.0400. The summed E-state index contributed by atoms with van der Waals surface area (Å²) in [5.41, 5.74) is 2.98. The summed E-state index contributed by atoms with van der Waals surface area (Å²) in [5, 5.41) is 8.09. The molecular weight excluding hydrogens is 436 g/mol. The number of halogens is 2. The summed E-state index contributed by atoms with van der Waals surface area (Å²) in [5.74, 6) is -0.923. The number of fused-ring (bicyclic) bond motifs is 2. The summed E-state index contributed by atoms with van der Waals surface area (Å²) in [6, 6.07) is 20.3. The van der Waals surface area contributed by atoms with E-state index in [-0.39, 0.29) is 18.0 Å². The van der Waals surface area contributed by atoms with Gasteiger partial charge in [-0.15, -0.1) is 0 Å². The van der Waals surface area contributed by atoms with Gasteiger partial charge in [0, 0.05) is 40.7 Å². The van der Waals surface area contributed by atoms with Crippen LogP contribution in [0.2, 0.25) is 0 Å². The fraction of sp³-hybridized carbons (Fsp3) is 0.148. The van der Waals surface area contributed by atoms with Crippen LogP contribution < -0.4 is 10.6 Å². The molecule has 2 heterocycles. The second-order valence-electron chi connectivity index (χ2n) is 8.20. The minimum atomic E-state index is -0.691. The third-order valence-corrected chi connectivity index (χ3v) is 5.88. The topological polar surface area (TPSA) is 70.1 Å². The van der Waals surface area contributed by atoms with E-state index in [0.29, 0.717) is 18.7 Å². The summed E-state index contributed by atoms with van der Waals surface area (Å²) in [4.78, 5) is 16.4. The molecule has 0 aliphatic carbocycles. The average Bonchev–Trinajstić information content (AvgIpc) is 3.44. The monoisotopic (exact) mass is 459 g/mol. The number of aromatic nitrogens is 1. The van der Waals surface area contributed by atoms with Crippen molar-refractivity contribution in [3.63, 3.8) is 0 Å². The Morgan fingerprint density at radius 3 is 2.62 bits per heavy atom. The highest BCUT2D eigenvalue weighted by atomic mass is 19.1. The third kappa shape index (κ3) is 4.70. The molecule has 2 aromatic heterocycles. The van der Waals surface area contributed by atoms with Crippen LogP contribution in [-0.4, -0.2) is 16.9 Å². The lowest BCUT2D eigenvalue weighted by molar-refractivity contribution is -0.123. The lowest BCUT2D eigenvalue weighted by Crippen LogP contribution is -2.45. The number of para-hydroxylation sites is 2. The van der Waals surface area contributed by atoms with Crippen molar-refractivity contribution in [2.24, 2.45) is 0 Å². The summed E-state index contributed by atoms with van der Waals surface area (Å²) in [6.45, 7) is 0.307. The van der Waals surface area contributed by atoms with Gasteiger partial charge in [-0.05, 0) is 36.2 Å². The zero-order valence-electron chi connectivity index (χ0n) is 18.3. The fourth-order valence-electron chi connectivity index (χ4n) is 4.10. The van der Waals surface area contributed by atoms with Gasteiger partial charge in [0.15, 0.2) is 0 Å². The Hall–Kier alpha value is -3.97. The van der Waals surface area contributed by atoms with Crippen LogP contribution in [0.1, 0.15) is 16.9 Å². The van der Waals surface area contributed by atoms with Gasteiger partial charge >= 0.3 is 0 Å². The molecule has 3 N–H and O–H groups in total. The predicted octanol–water partition coefficient (Wildman–Crippen LogP) is 5.21. The number of hydrogen-bond acceptors (Lipinski definition) is 3. The van der Waals surface area contributed by atoms with Crippen LogP contribution in [0, 0.1) is 11.6 Å². The maximum Gasteiger partial charge on any atom is 0.237 e. The molecular formula is C27H23F2N3O2. The molecule has 5 rings (SSSR count). The van der Waals surface area contributed by atoms with E-state index in [1.54, 1.807) is 0 Å². The maximum atomic E-state index is 14.0. The van der Waals surface area contributed by atoms with Crippen molar-refractivity contribution in [1.82, 2.24) is 15.6 Å². The standard InChI is InChI=1S/C27H23F2N3O2/c28-20-10-9-18(23(29)13-20)14-32-27(33)25(12-19-15-30-24-7-3-2-6-22(19)24)31-16-21-11-17-5-1-4-8-26(17)34-21/h1-11,13,15,25,30-31H,12,14,16H2,(H,32,33). The molecule has 0 saturated heterocycles. The van der Waals surface area contributed by atoms with Crippen molar-refractivity contribution in [2.45, 2.75) is 25.6 Å². The van der Waals surface area contributed by atoms with Gasteiger partial charge in [0.25, 0.3) is 0 Å². The van der Waals surface area contributed by atoms with Crippen molar-refractivity contribution in [3.8, 4) is 0 Å². The molecule has 0 radical (unpaired) electrons. The first-order chi connectivity index (χ1) is 16.6. The van der Waals surface area contributed by atoms with Crippen LogP contribution in [0.15, 0.2) is 83.4 Å². The van der Waals surface area contributed by atoms with E-state index < -0.39 is 17.7 Å². The number of rotatable bonds is 8. The average molecular weight is 459 g/mol. The molecule has 5 aromatic rings. The summed E-state index contributed by atoms with van der Waals surface area (Å²) < 4.78 is 33.1. The number of H-pyrrole nitrogens is 1. The smallest absolute Gasteiger partial charge is 0.237 e. The van der Waals surface area contributed by atoms with E-state index in [1.807, 2.05) is 60.8 Å². The Labute approximate surface area is 194 Å².